The fourth-order valence-corrected chi connectivity index (χ4v) is 1.93. The molecule has 0 saturated heterocycles. The van der Waals surface area contributed by atoms with Gasteiger partial charge in [-0.3, -0.25) is 19.3 Å². The van der Waals surface area contributed by atoms with Gasteiger partial charge in [0, 0.05) is 12.7 Å². The molecule has 0 fully saturated rings. The van der Waals surface area contributed by atoms with Crippen LogP contribution >= 0.6 is 0 Å². The highest BCUT2D eigenvalue weighted by Crippen LogP contribution is 2.24. The van der Waals surface area contributed by atoms with Crippen molar-refractivity contribution in [3.63, 3.8) is 0 Å². The molecule has 0 radical (unpaired) electrons. The Bertz CT molecular complexity index is 566. The molecule has 6 heteroatoms. The number of rotatable bonds is 3. The van der Waals surface area contributed by atoms with E-state index in [9.17, 15) is 14.4 Å². The molecule has 100 valence electrons. The molecule has 0 unspecified atom stereocenters. The van der Waals surface area contributed by atoms with Gasteiger partial charge in [-0.2, -0.15) is 0 Å². The number of benzene rings is 1. The Hall–Kier alpha value is -2.21. The van der Waals surface area contributed by atoms with Crippen molar-refractivity contribution >= 4 is 23.4 Å². The molecule has 0 bridgehead atoms. The Kier molecular flexibility index (Phi) is 3.35. The van der Waals surface area contributed by atoms with Crippen LogP contribution in [-0.2, 0) is 4.79 Å². The Morgan fingerprint density at radius 2 is 1.84 bits per heavy atom. The van der Waals surface area contributed by atoms with E-state index in [2.05, 4.69) is 5.32 Å². The van der Waals surface area contributed by atoms with Crippen molar-refractivity contribution in [3.8, 4) is 0 Å². The van der Waals surface area contributed by atoms with Crippen molar-refractivity contribution in [1.29, 1.82) is 0 Å². The lowest BCUT2D eigenvalue weighted by molar-refractivity contribution is -0.116. The minimum atomic E-state index is -0.344. The highest BCUT2D eigenvalue weighted by Gasteiger charge is 2.32. The van der Waals surface area contributed by atoms with E-state index in [1.807, 2.05) is 0 Å². The molecule has 1 aromatic rings. The highest BCUT2D eigenvalue weighted by molar-refractivity contribution is 6.21. The molecule has 0 aliphatic carbocycles. The van der Waals surface area contributed by atoms with Gasteiger partial charge >= 0.3 is 0 Å². The third-order valence-electron chi connectivity index (χ3n) is 2.83. The predicted molar refractivity (Wildman–Crippen MR) is 70.0 cm³/mol. The minimum Gasteiger partial charge on any atom is -0.325 e. The zero-order valence-electron chi connectivity index (χ0n) is 11.1. The molecule has 1 heterocycles. The van der Waals surface area contributed by atoms with Gasteiger partial charge < -0.3 is 10.2 Å². The standard InChI is InChI=1S/C13H15N3O3/c1-15(2)7-11(17)14-8-4-5-9-10(6-8)13(19)16(3)12(9)18/h4-6H,7H2,1-3H3,(H,14,17). The molecule has 0 spiro atoms. The first-order valence-corrected chi connectivity index (χ1v) is 5.81. The summed E-state index contributed by atoms with van der Waals surface area (Å²) in [6.45, 7) is 0.254. The monoisotopic (exact) mass is 261 g/mol. The fourth-order valence-electron chi connectivity index (χ4n) is 1.93. The Morgan fingerprint density at radius 3 is 2.47 bits per heavy atom. The molecule has 2 rings (SSSR count). The van der Waals surface area contributed by atoms with Gasteiger partial charge in [-0.1, -0.05) is 0 Å². The summed E-state index contributed by atoms with van der Waals surface area (Å²) >= 11 is 0. The van der Waals surface area contributed by atoms with E-state index in [0.29, 0.717) is 16.8 Å². The lowest BCUT2D eigenvalue weighted by Gasteiger charge is -2.10. The molecule has 0 saturated carbocycles. The predicted octanol–water partition coefficient (Wildman–Crippen LogP) is 0.412. The lowest BCUT2D eigenvalue weighted by Crippen LogP contribution is -2.27. The first-order chi connectivity index (χ1) is 8.90. The van der Waals surface area contributed by atoms with E-state index in [1.54, 1.807) is 31.1 Å². The van der Waals surface area contributed by atoms with Gasteiger partial charge in [0.05, 0.1) is 17.7 Å². The molecule has 0 atom stereocenters. The van der Waals surface area contributed by atoms with Gasteiger partial charge in [-0.05, 0) is 32.3 Å². The summed E-state index contributed by atoms with van der Waals surface area (Å²) in [6.07, 6.45) is 0. The number of carbonyl (C=O) groups excluding carboxylic acids is 3. The molecule has 1 N–H and O–H groups in total. The van der Waals surface area contributed by atoms with Crippen LogP contribution in [0.2, 0.25) is 0 Å². The Morgan fingerprint density at radius 1 is 1.21 bits per heavy atom. The summed E-state index contributed by atoms with van der Waals surface area (Å²) in [5.41, 5.74) is 1.22. The number of carbonyl (C=O) groups is 3. The van der Waals surface area contributed by atoms with Gasteiger partial charge in [0.1, 0.15) is 0 Å². The molecule has 19 heavy (non-hydrogen) atoms. The molecule has 6 nitrogen and oxygen atoms in total. The smallest absolute Gasteiger partial charge is 0.261 e. The molecule has 3 amide bonds. The molecule has 1 aromatic carbocycles. The lowest BCUT2D eigenvalue weighted by atomic mass is 10.1. The number of fused-ring (bicyclic) bond motifs is 1. The first-order valence-electron chi connectivity index (χ1n) is 5.81. The van der Waals surface area contributed by atoms with Gasteiger partial charge in [0.25, 0.3) is 11.8 Å². The van der Waals surface area contributed by atoms with Gasteiger partial charge in [0.15, 0.2) is 0 Å². The van der Waals surface area contributed by atoms with Crippen molar-refractivity contribution in [2.75, 3.05) is 33.0 Å². The van der Waals surface area contributed by atoms with Crippen LogP contribution in [0.1, 0.15) is 20.7 Å². The third kappa shape index (κ3) is 2.48. The van der Waals surface area contributed by atoms with E-state index in [4.69, 9.17) is 0 Å². The van der Waals surface area contributed by atoms with Crippen molar-refractivity contribution in [2.24, 2.45) is 0 Å². The van der Waals surface area contributed by atoms with Crippen molar-refractivity contribution in [1.82, 2.24) is 9.80 Å². The van der Waals surface area contributed by atoms with Crippen LogP contribution in [0.4, 0.5) is 5.69 Å². The maximum absolute atomic E-state index is 11.8. The SMILES string of the molecule is CN(C)CC(=O)Nc1ccc2c(c1)C(=O)N(C)C2=O. The second-order valence-electron chi connectivity index (χ2n) is 4.72. The van der Waals surface area contributed by atoms with Gasteiger partial charge in [0.2, 0.25) is 5.91 Å². The average molecular weight is 261 g/mol. The zero-order chi connectivity index (χ0) is 14.2. The van der Waals surface area contributed by atoms with E-state index in [-0.39, 0.29) is 24.3 Å². The van der Waals surface area contributed by atoms with E-state index in [0.717, 1.165) is 4.90 Å². The van der Waals surface area contributed by atoms with E-state index >= 15 is 0 Å². The van der Waals surface area contributed by atoms with Gasteiger partial charge in [-0.25, -0.2) is 0 Å². The summed E-state index contributed by atoms with van der Waals surface area (Å²) in [4.78, 5) is 37.9. The zero-order valence-corrected chi connectivity index (χ0v) is 11.1. The summed E-state index contributed by atoms with van der Waals surface area (Å²) in [6, 6.07) is 4.72. The largest absolute Gasteiger partial charge is 0.325 e. The number of hydrogen-bond donors (Lipinski definition) is 1. The summed E-state index contributed by atoms with van der Waals surface area (Å²) in [7, 11) is 5.02. The number of hydrogen-bond acceptors (Lipinski definition) is 4. The molecular formula is C13H15N3O3. The number of anilines is 1. The number of nitrogens with one attached hydrogen (secondary N) is 1. The topological polar surface area (TPSA) is 69.7 Å². The van der Waals surface area contributed by atoms with Crippen LogP contribution in [0, 0.1) is 0 Å². The number of nitrogens with zero attached hydrogens (tertiary/aromatic N) is 2. The van der Waals surface area contributed by atoms with E-state index in [1.165, 1.54) is 13.1 Å². The second kappa shape index (κ2) is 4.81. The molecular weight excluding hydrogens is 246 g/mol. The minimum absolute atomic E-state index is 0.171. The maximum atomic E-state index is 11.8. The Labute approximate surface area is 111 Å². The highest BCUT2D eigenvalue weighted by atomic mass is 16.2. The maximum Gasteiger partial charge on any atom is 0.261 e. The molecule has 0 aromatic heterocycles. The molecule has 1 aliphatic heterocycles. The average Bonchev–Trinajstić information content (AvgIpc) is 2.53. The van der Waals surface area contributed by atoms with Crippen LogP contribution in [0.25, 0.3) is 0 Å². The van der Waals surface area contributed by atoms with Gasteiger partial charge in [-0.15, -0.1) is 0 Å². The Balaban J connectivity index is 2.22. The summed E-state index contributed by atoms with van der Waals surface area (Å²) in [5, 5.41) is 2.69. The number of amides is 3. The third-order valence-corrected chi connectivity index (χ3v) is 2.83. The van der Waals surface area contributed by atoms with Crippen molar-refractivity contribution in [3.05, 3.63) is 29.3 Å². The van der Waals surface area contributed by atoms with Crippen LogP contribution in [0.3, 0.4) is 0 Å². The van der Waals surface area contributed by atoms with Crippen LogP contribution in [0.15, 0.2) is 18.2 Å². The molecule has 1 aliphatic rings. The van der Waals surface area contributed by atoms with Crippen molar-refractivity contribution in [2.45, 2.75) is 0 Å². The fraction of sp³-hybridized carbons (Fsp3) is 0.308. The van der Waals surface area contributed by atoms with Crippen molar-refractivity contribution < 1.29 is 14.4 Å². The van der Waals surface area contributed by atoms with Crippen LogP contribution in [-0.4, -0.2) is 55.2 Å². The van der Waals surface area contributed by atoms with E-state index < -0.39 is 0 Å². The second-order valence-corrected chi connectivity index (χ2v) is 4.72. The number of imide groups is 1. The quantitative estimate of drug-likeness (QED) is 0.800. The normalized spacial score (nSPS) is 14.0. The first kappa shape index (κ1) is 13.2. The summed E-state index contributed by atoms with van der Waals surface area (Å²) in [5.74, 6) is -0.829. The summed E-state index contributed by atoms with van der Waals surface area (Å²) < 4.78 is 0. The van der Waals surface area contributed by atoms with Crippen LogP contribution in [0.5, 0.6) is 0 Å². The van der Waals surface area contributed by atoms with Crippen LogP contribution < -0.4 is 5.32 Å². The number of likely N-dealkylation sites (N-methyl/N-ethyl adjacent to an activating group) is 1.